The highest BCUT2D eigenvalue weighted by Crippen LogP contribution is 2.31. The van der Waals surface area contributed by atoms with Gasteiger partial charge in [0.05, 0.1) is 13.2 Å². The molecule has 102 valence electrons. The summed E-state index contributed by atoms with van der Waals surface area (Å²) in [5.74, 6) is 1.72. The third-order valence-corrected chi connectivity index (χ3v) is 2.85. The molecule has 1 aromatic carbocycles. The number of ether oxygens (including phenoxy) is 2. The third kappa shape index (κ3) is 4.91. The quantitative estimate of drug-likeness (QED) is 0.627. The summed E-state index contributed by atoms with van der Waals surface area (Å²) in [4.78, 5) is 0. The lowest BCUT2D eigenvalue weighted by Gasteiger charge is -2.23. The summed E-state index contributed by atoms with van der Waals surface area (Å²) in [5.41, 5.74) is 2.55. The van der Waals surface area contributed by atoms with Crippen LogP contribution in [0.3, 0.4) is 0 Å². The van der Waals surface area contributed by atoms with Crippen LogP contribution in [-0.2, 0) is 10.2 Å². The Balaban J connectivity index is 2.65. The van der Waals surface area contributed by atoms with Gasteiger partial charge >= 0.3 is 0 Å². The van der Waals surface area contributed by atoms with Crippen molar-refractivity contribution in [2.45, 2.75) is 33.1 Å². The van der Waals surface area contributed by atoms with Crippen molar-refractivity contribution in [3.05, 3.63) is 29.3 Å². The molecule has 0 heterocycles. The van der Waals surface area contributed by atoms with Crippen molar-refractivity contribution < 1.29 is 9.47 Å². The van der Waals surface area contributed by atoms with E-state index in [4.69, 9.17) is 9.47 Å². The smallest absolute Gasteiger partial charge is 0.123 e. The fourth-order valence-electron chi connectivity index (χ4n) is 1.75. The zero-order chi connectivity index (χ0) is 13.6. The fourth-order valence-corrected chi connectivity index (χ4v) is 1.87. The highest BCUT2D eigenvalue weighted by molar-refractivity contribution is 7.80. The van der Waals surface area contributed by atoms with E-state index in [-0.39, 0.29) is 5.41 Å². The lowest BCUT2D eigenvalue weighted by atomic mass is 9.86. The van der Waals surface area contributed by atoms with E-state index in [2.05, 4.69) is 58.5 Å². The Hall–Kier alpha value is -0.670. The first-order valence-electron chi connectivity index (χ1n) is 6.37. The number of hydrogen-bond acceptors (Lipinski definition) is 3. The van der Waals surface area contributed by atoms with Gasteiger partial charge in [-0.2, -0.15) is 12.6 Å². The van der Waals surface area contributed by atoms with Crippen LogP contribution in [0.4, 0.5) is 0 Å². The van der Waals surface area contributed by atoms with Crippen LogP contribution < -0.4 is 4.74 Å². The van der Waals surface area contributed by atoms with Gasteiger partial charge in [-0.05, 0) is 29.5 Å². The van der Waals surface area contributed by atoms with Crippen molar-refractivity contribution in [1.82, 2.24) is 0 Å². The van der Waals surface area contributed by atoms with E-state index in [9.17, 15) is 0 Å². The second-order valence-corrected chi connectivity index (χ2v) is 5.88. The molecule has 0 atom stereocenters. The second-order valence-electron chi connectivity index (χ2n) is 5.43. The molecular weight excluding hydrogens is 244 g/mol. The van der Waals surface area contributed by atoms with Crippen LogP contribution in [0.25, 0.3) is 0 Å². The molecule has 0 spiro atoms. The normalized spacial score (nSPS) is 11.6. The van der Waals surface area contributed by atoms with Crippen molar-refractivity contribution >= 4 is 12.6 Å². The number of benzene rings is 1. The lowest BCUT2D eigenvalue weighted by molar-refractivity contribution is 0.111. The van der Waals surface area contributed by atoms with E-state index in [1.54, 1.807) is 0 Å². The molecule has 1 aromatic rings. The van der Waals surface area contributed by atoms with Gasteiger partial charge in [-0.25, -0.2) is 0 Å². The minimum absolute atomic E-state index is 0.0923. The van der Waals surface area contributed by atoms with Gasteiger partial charge in [-0.3, -0.25) is 0 Å². The number of thiol groups is 1. The molecule has 0 N–H and O–H groups in total. The Labute approximate surface area is 116 Å². The van der Waals surface area contributed by atoms with Crippen LogP contribution in [0, 0.1) is 6.92 Å². The summed E-state index contributed by atoms with van der Waals surface area (Å²) >= 11 is 4.09. The predicted octanol–water partition coefficient (Wildman–Crippen LogP) is 3.62. The maximum atomic E-state index is 5.84. The molecule has 1 rings (SSSR count). The van der Waals surface area contributed by atoms with Gasteiger partial charge in [0.15, 0.2) is 0 Å². The summed E-state index contributed by atoms with van der Waals surface area (Å²) in [5, 5.41) is 0. The molecule has 3 heteroatoms. The highest BCUT2D eigenvalue weighted by Gasteiger charge is 2.18. The molecule has 0 aromatic heterocycles. The first kappa shape index (κ1) is 15.4. The van der Waals surface area contributed by atoms with Crippen LogP contribution in [-0.4, -0.2) is 25.6 Å². The Morgan fingerprint density at radius 3 is 2.44 bits per heavy atom. The minimum atomic E-state index is 0.0923. The minimum Gasteiger partial charge on any atom is -0.491 e. The average molecular weight is 268 g/mol. The van der Waals surface area contributed by atoms with Gasteiger partial charge in [0.1, 0.15) is 12.4 Å². The Kier molecular flexibility index (Phi) is 6.03. The Morgan fingerprint density at radius 2 is 1.83 bits per heavy atom. The molecule has 0 saturated carbocycles. The number of rotatable bonds is 6. The van der Waals surface area contributed by atoms with Crippen molar-refractivity contribution in [3.8, 4) is 5.75 Å². The molecular formula is C15H24O2S. The van der Waals surface area contributed by atoms with Crippen LogP contribution in [0.5, 0.6) is 5.75 Å². The largest absolute Gasteiger partial charge is 0.491 e. The van der Waals surface area contributed by atoms with E-state index in [1.807, 2.05) is 0 Å². The third-order valence-electron chi connectivity index (χ3n) is 2.67. The van der Waals surface area contributed by atoms with E-state index < -0.39 is 0 Å². The molecule has 0 saturated heterocycles. The van der Waals surface area contributed by atoms with Crippen LogP contribution >= 0.6 is 12.6 Å². The van der Waals surface area contributed by atoms with Gasteiger partial charge in [0, 0.05) is 5.75 Å². The lowest BCUT2D eigenvalue weighted by Crippen LogP contribution is -2.15. The Morgan fingerprint density at radius 1 is 1.11 bits per heavy atom. The highest BCUT2D eigenvalue weighted by atomic mass is 32.1. The molecule has 0 aliphatic rings. The molecule has 0 aliphatic heterocycles. The van der Waals surface area contributed by atoms with Crippen molar-refractivity contribution in [3.63, 3.8) is 0 Å². The SMILES string of the molecule is Cc1ccc(C(C)(C)C)c(OCCOCCS)c1. The topological polar surface area (TPSA) is 18.5 Å². The molecule has 0 bridgehead atoms. The molecule has 0 radical (unpaired) electrons. The number of hydrogen-bond donors (Lipinski definition) is 1. The van der Waals surface area contributed by atoms with Crippen LogP contribution in [0.15, 0.2) is 18.2 Å². The van der Waals surface area contributed by atoms with Crippen LogP contribution in [0.2, 0.25) is 0 Å². The summed E-state index contributed by atoms with van der Waals surface area (Å²) in [6.45, 7) is 10.5. The van der Waals surface area contributed by atoms with Crippen LogP contribution in [0.1, 0.15) is 31.9 Å². The van der Waals surface area contributed by atoms with E-state index in [1.165, 1.54) is 11.1 Å². The molecule has 18 heavy (non-hydrogen) atoms. The average Bonchev–Trinajstić information content (AvgIpc) is 2.27. The molecule has 0 fully saturated rings. The molecule has 0 unspecified atom stereocenters. The molecule has 0 amide bonds. The zero-order valence-electron chi connectivity index (χ0n) is 11.8. The van der Waals surface area contributed by atoms with E-state index in [0.717, 1.165) is 11.5 Å². The maximum Gasteiger partial charge on any atom is 0.123 e. The summed E-state index contributed by atoms with van der Waals surface area (Å²) in [6, 6.07) is 6.38. The van der Waals surface area contributed by atoms with Gasteiger partial charge in [0.25, 0.3) is 0 Å². The van der Waals surface area contributed by atoms with Gasteiger partial charge in [-0.15, -0.1) is 0 Å². The first-order chi connectivity index (χ1) is 8.45. The standard InChI is InChI=1S/C15H24O2S/c1-12-5-6-13(15(2,3)4)14(11-12)17-8-7-16-9-10-18/h5-6,11,18H,7-10H2,1-4H3. The van der Waals surface area contributed by atoms with E-state index >= 15 is 0 Å². The summed E-state index contributed by atoms with van der Waals surface area (Å²) in [7, 11) is 0. The van der Waals surface area contributed by atoms with Gasteiger partial charge in [0.2, 0.25) is 0 Å². The van der Waals surface area contributed by atoms with Crippen molar-refractivity contribution in [2.24, 2.45) is 0 Å². The second kappa shape index (κ2) is 7.05. The molecule has 0 aliphatic carbocycles. The number of aryl methyl sites for hydroxylation is 1. The molecule has 2 nitrogen and oxygen atoms in total. The predicted molar refractivity (Wildman–Crippen MR) is 80.0 cm³/mol. The van der Waals surface area contributed by atoms with Gasteiger partial charge in [-0.1, -0.05) is 32.9 Å². The fraction of sp³-hybridized carbons (Fsp3) is 0.600. The summed E-state index contributed by atoms with van der Waals surface area (Å²) in [6.07, 6.45) is 0. The maximum absolute atomic E-state index is 5.84. The van der Waals surface area contributed by atoms with Crippen molar-refractivity contribution in [2.75, 3.05) is 25.6 Å². The monoisotopic (exact) mass is 268 g/mol. The van der Waals surface area contributed by atoms with Crippen molar-refractivity contribution in [1.29, 1.82) is 0 Å². The Bertz CT molecular complexity index is 369. The summed E-state index contributed by atoms with van der Waals surface area (Å²) < 4.78 is 11.2. The van der Waals surface area contributed by atoms with Gasteiger partial charge < -0.3 is 9.47 Å². The van der Waals surface area contributed by atoms with E-state index in [0.29, 0.717) is 19.8 Å². The zero-order valence-corrected chi connectivity index (χ0v) is 12.7. The first-order valence-corrected chi connectivity index (χ1v) is 7.01.